The van der Waals surface area contributed by atoms with Gasteiger partial charge in [-0.1, -0.05) is 13.3 Å². The fourth-order valence-electron chi connectivity index (χ4n) is 2.85. The van der Waals surface area contributed by atoms with Gasteiger partial charge in [-0.05, 0) is 32.2 Å². The molecule has 0 bridgehead atoms. The third-order valence-electron chi connectivity index (χ3n) is 4.03. The number of halogens is 1. The van der Waals surface area contributed by atoms with Gasteiger partial charge in [-0.3, -0.25) is 4.79 Å². The SMILES string of the molecule is CCCCS(=O)(=O)N1CCCC1C(=O)NC1CCNC1.Cl. The van der Waals surface area contributed by atoms with Crippen LogP contribution < -0.4 is 10.6 Å². The van der Waals surface area contributed by atoms with Crippen LogP contribution in [-0.4, -0.2) is 56.1 Å². The average Bonchev–Trinajstić information content (AvgIpc) is 3.06. The second-order valence-electron chi connectivity index (χ2n) is 5.64. The third kappa shape index (κ3) is 4.81. The van der Waals surface area contributed by atoms with Gasteiger partial charge < -0.3 is 10.6 Å². The largest absolute Gasteiger partial charge is 0.351 e. The molecule has 21 heavy (non-hydrogen) atoms. The molecule has 2 heterocycles. The first kappa shape index (κ1) is 18.7. The minimum Gasteiger partial charge on any atom is -0.351 e. The number of nitrogens with zero attached hydrogens (tertiary/aromatic N) is 1. The van der Waals surface area contributed by atoms with Gasteiger partial charge >= 0.3 is 0 Å². The predicted octanol–water partition coefficient (Wildman–Crippen LogP) is 0.481. The summed E-state index contributed by atoms with van der Waals surface area (Å²) in [6, 6.07) is -0.360. The van der Waals surface area contributed by atoms with Gasteiger partial charge in [0.05, 0.1) is 5.75 Å². The maximum atomic E-state index is 12.3. The molecule has 2 unspecified atom stereocenters. The smallest absolute Gasteiger partial charge is 0.238 e. The van der Waals surface area contributed by atoms with Crippen molar-refractivity contribution < 1.29 is 13.2 Å². The van der Waals surface area contributed by atoms with Crippen LogP contribution in [0.3, 0.4) is 0 Å². The first-order valence-electron chi connectivity index (χ1n) is 7.55. The zero-order valence-corrected chi connectivity index (χ0v) is 14.1. The van der Waals surface area contributed by atoms with E-state index in [1.54, 1.807) is 0 Å². The number of carbonyl (C=O) groups excluding carboxylic acids is 1. The van der Waals surface area contributed by atoms with Crippen molar-refractivity contribution in [1.29, 1.82) is 0 Å². The second kappa shape index (κ2) is 8.31. The Morgan fingerprint density at radius 1 is 1.38 bits per heavy atom. The molecule has 2 fully saturated rings. The highest BCUT2D eigenvalue weighted by Crippen LogP contribution is 2.22. The Labute approximate surface area is 133 Å². The van der Waals surface area contributed by atoms with E-state index in [0.717, 1.165) is 32.4 Å². The lowest BCUT2D eigenvalue weighted by Gasteiger charge is -2.24. The predicted molar refractivity (Wildman–Crippen MR) is 85.1 cm³/mol. The van der Waals surface area contributed by atoms with Crippen LogP contribution in [0.15, 0.2) is 0 Å². The zero-order valence-electron chi connectivity index (χ0n) is 12.5. The van der Waals surface area contributed by atoms with E-state index < -0.39 is 16.1 Å². The summed E-state index contributed by atoms with van der Waals surface area (Å²) >= 11 is 0. The Balaban J connectivity index is 0.00000220. The lowest BCUT2D eigenvalue weighted by Crippen LogP contribution is -2.49. The van der Waals surface area contributed by atoms with Crippen LogP contribution in [0.1, 0.15) is 39.0 Å². The number of nitrogens with one attached hydrogen (secondary N) is 2. The number of carbonyl (C=O) groups is 1. The van der Waals surface area contributed by atoms with Gasteiger partial charge in [0.2, 0.25) is 15.9 Å². The number of rotatable bonds is 6. The van der Waals surface area contributed by atoms with Crippen LogP contribution >= 0.6 is 12.4 Å². The van der Waals surface area contributed by atoms with Gasteiger partial charge in [-0.25, -0.2) is 8.42 Å². The van der Waals surface area contributed by atoms with Gasteiger partial charge in [-0.2, -0.15) is 4.31 Å². The number of amides is 1. The van der Waals surface area contributed by atoms with Crippen LogP contribution in [0.4, 0.5) is 0 Å². The van der Waals surface area contributed by atoms with Crippen molar-refractivity contribution in [3.63, 3.8) is 0 Å². The number of sulfonamides is 1. The number of hydrogen-bond acceptors (Lipinski definition) is 4. The summed E-state index contributed by atoms with van der Waals surface area (Å²) in [4.78, 5) is 12.3. The van der Waals surface area contributed by atoms with Crippen LogP contribution in [0.2, 0.25) is 0 Å². The summed E-state index contributed by atoms with van der Waals surface area (Å²) in [5, 5.41) is 6.16. The van der Waals surface area contributed by atoms with Crippen molar-refractivity contribution in [3.8, 4) is 0 Å². The van der Waals surface area contributed by atoms with Crippen molar-refractivity contribution in [2.45, 2.75) is 51.1 Å². The van der Waals surface area contributed by atoms with Gasteiger partial charge in [0, 0.05) is 19.1 Å². The standard InChI is InChI=1S/C13H25N3O3S.ClH/c1-2-3-9-20(18,19)16-8-4-5-12(16)13(17)15-11-6-7-14-10-11;/h11-12,14H,2-10H2,1H3,(H,15,17);1H. The van der Waals surface area contributed by atoms with E-state index in [2.05, 4.69) is 10.6 Å². The highest BCUT2D eigenvalue weighted by molar-refractivity contribution is 7.89. The van der Waals surface area contributed by atoms with E-state index in [-0.39, 0.29) is 30.1 Å². The summed E-state index contributed by atoms with van der Waals surface area (Å²) in [5.74, 6) is 0.0226. The van der Waals surface area contributed by atoms with E-state index in [1.807, 2.05) is 6.92 Å². The molecule has 0 radical (unpaired) electrons. The molecule has 2 aliphatic heterocycles. The van der Waals surface area contributed by atoms with Crippen molar-refractivity contribution in [2.24, 2.45) is 0 Å². The van der Waals surface area contributed by atoms with Crippen LogP contribution in [0, 0.1) is 0 Å². The molecule has 0 aliphatic carbocycles. The van der Waals surface area contributed by atoms with E-state index in [0.29, 0.717) is 19.4 Å². The van der Waals surface area contributed by atoms with Gasteiger partial charge in [-0.15, -0.1) is 12.4 Å². The molecule has 8 heteroatoms. The molecule has 0 aromatic rings. The highest BCUT2D eigenvalue weighted by atomic mass is 35.5. The maximum Gasteiger partial charge on any atom is 0.238 e. The van der Waals surface area contributed by atoms with Crippen molar-refractivity contribution >= 4 is 28.3 Å². The van der Waals surface area contributed by atoms with Crippen LogP contribution in [-0.2, 0) is 14.8 Å². The molecular weight excluding hydrogens is 314 g/mol. The fourth-order valence-corrected chi connectivity index (χ4v) is 4.74. The summed E-state index contributed by atoms with van der Waals surface area (Å²) < 4.78 is 26.0. The Bertz CT molecular complexity index is 438. The molecular formula is C13H26ClN3O3S. The second-order valence-corrected chi connectivity index (χ2v) is 7.68. The van der Waals surface area contributed by atoms with Crippen molar-refractivity contribution in [2.75, 3.05) is 25.4 Å². The molecule has 2 saturated heterocycles. The Morgan fingerprint density at radius 3 is 2.76 bits per heavy atom. The molecule has 0 saturated carbocycles. The topological polar surface area (TPSA) is 78.5 Å². The summed E-state index contributed by atoms with van der Waals surface area (Å²) in [6.45, 7) is 4.14. The molecule has 2 aliphatic rings. The molecule has 2 atom stereocenters. The Hall–Kier alpha value is -0.370. The molecule has 124 valence electrons. The summed E-state index contributed by atoms with van der Waals surface area (Å²) in [5.41, 5.74) is 0. The molecule has 0 spiro atoms. The molecule has 6 nitrogen and oxygen atoms in total. The third-order valence-corrected chi connectivity index (χ3v) is 5.98. The van der Waals surface area contributed by atoms with Crippen molar-refractivity contribution in [3.05, 3.63) is 0 Å². The van der Waals surface area contributed by atoms with E-state index >= 15 is 0 Å². The normalized spacial score (nSPS) is 26.5. The fraction of sp³-hybridized carbons (Fsp3) is 0.923. The first-order valence-corrected chi connectivity index (χ1v) is 9.16. The number of hydrogen-bond donors (Lipinski definition) is 2. The molecule has 0 aromatic carbocycles. The highest BCUT2D eigenvalue weighted by Gasteiger charge is 2.38. The van der Waals surface area contributed by atoms with Crippen LogP contribution in [0.5, 0.6) is 0 Å². The Morgan fingerprint density at radius 2 is 2.14 bits per heavy atom. The van der Waals surface area contributed by atoms with Crippen molar-refractivity contribution in [1.82, 2.24) is 14.9 Å². The molecule has 2 rings (SSSR count). The molecule has 1 amide bonds. The lowest BCUT2D eigenvalue weighted by atomic mass is 10.2. The van der Waals surface area contributed by atoms with Gasteiger partial charge in [0.25, 0.3) is 0 Å². The van der Waals surface area contributed by atoms with E-state index in [1.165, 1.54) is 4.31 Å². The van der Waals surface area contributed by atoms with E-state index in [4.69, 9.17) is 0 Å². The summed E-state index contributed by atoms with van der Waals surface area (Å²) in [7, 11) is -3.29. The first-order chi connectivity index (χ1) is 9.54. The number of unbranched alkanes of at least 4 members (excludes halogenated alkanes) is 1. The van der Waals surface area contributed by atoms with Gasteiger partial charge in [0.15, 0.2) is 0 Å². The quantitative estimate of drug-likeness (QED) is 0.738. The minimum absolute atomic E-state index is 0. The monoisotopic (exact) mass is 339 g/mol. The lowest BCUT2D eigenvalue weighted by molar-refractivity contribution is -0.124. The molecule has 0 aromatic heterocycles. The average molecular weight is 340 g/mol. The minimum atomic E-state index is -3.29. The maximum absolute atomic E-state index is 12.3. The zero-order chi connectivity index (χ0) is 14.6. The van der Waals surface area contributed by atoms with Gasteiger partial charge in [0.1, 0.15) is 6.04 Å². The van der Waals surface area contributed by atoms with Crippen LogP contribution in [0.25, 0.3) is 0 Å². The molecule has 2 N–H and O–H groups in total. The van der Waals surface area contributed by atoms with E-state index in [9.17, 15) is 13.2 Å². The summed E-state index contributed by atoms with van der Waals surface area (Å²) in [6.07, 6.45) is 3.82. The Kier molecular flexibility index (Phi) is 7.39.